The summed E-state index contributed by atoms with van der Waals surface area (Å²) in [6.45, 7) is 4.92. The van der Waals surface area contributed by atoms with Crippen molar-refractivity contribution in [1.82, 2.24) is 4.90 Å². The number of nitrogens with zero attached hydrogens (tertiary/aromatic N) is 1. The van der Waals surface area contributed by atoms with Crippen molar-refractivity contribution >= 4 is 5.69 Å². The molecule has 0 aromatic heterocycles. The molecule has 1 aliphatic rings. The molecule has 0 bridgehead atoms. The topological polar surface area (TPSA) is 15.3 Å². The van der Waals surface area contributed by atoms with Gasteiger partial charge in [-0.25, -0.2) is 4.39 Å². The minimum atomic E-state index is -4.45. The third-order valence-corrected chi connectivity index (χ3v) is 3.92. The zero-order valence-electron chi connectivity index (χ0n) is 12.0. The maximum Gasteiger partial charge on any atom is 0.416 e. The van der Waals surface area contributed by atoms with Crippen molar-refractivity contribution in [2.45, 2.75) is 38.4 Å². The van der Waals surface area contributed by atoms with Gasteiger partial charge in [0.25, 0.3) is 0 Å². The summed E-state index contributed by atoms with van der Waals surface area (Å²) in [5.74, 6) is -0.639. The van der Waals surface area contributed by atoms with Gasteiger partial charge in [0.2, 0.25) is 0 Å². The number of halogens is 4. The summed E-state index contributed by atoms with van der Waals surface area (Å²) in [4.78, 5) is 2.30. The highest BCUT2D eigenvalue weighted by Gasteiger charge is 2.31. The third kappa shape index (κ3) is 4.33. The van der Waals surface area contributed by atoms with Crippen LogP contribution in [0.4, 0.5) is 23.2 Å². The van der Waals surface area contributed by atoms with Crippen molar-refractivity contribution in [3.8, 4) is 0 Å². The molecule has 0 saturated carbocycles. The number of alkyl halides is 3. The van der Waals surface area contributed by atoms with Crippen LogP contribution in [0, 0.1) is 5.82 Å². The predicted molar refractivity (Wildman–Crippen MR) is 74.8 cm³/mol. The monoisotopic (exact) mass is 304 g/mol. The quantitative estimate of drug-likeness (QED) is 0.845. The number of hydrogen-bond acceptors (Lipinski definition) is 2. The molecule has 0 radical (unpaired) electrons. The maximum atomic E-state index is 13.7. The number of hydrogen-bond donors (Lipinski definition) is 1. The average Bonchev–Trinajstić information content (AvgIpc) is 2.65. The zero-order valence-corrected chi connectivity index (χ0v) is 12.0. The van der Waals surface area contributed by atoms with E-state index in [-0.39, 0.29) is 11.7 Å². The van der Waals surface area contributed by atoms with Crippen molar-refractivity contribution < 1.29 is 17.6 Å². The zero-order chi connectivity index (χ0) is 15.5. The highest BCUT2D eigenvalue weighted by Crippen LogP contribution is 2.32. The lowest BCUT2D eigenvalue weighted by Crippen LogP contribution is -2.26. The van der Waals surface area contributed by atoms with E-state index >= 15 is 0 Å². The first-order chi connectivity index (χ1) is 9.90. The summed E-state index contributed by atoms with van der Waals surface area (Å²) in [5, 5.41) is 2.94. The summed E-state index contributed by atoms with van der Waals surface area (Å²) >= 11 is 0. The van der Waals surface area contributed by atoms with Gasteiger partial charge >= 0.3 is 6.18 Å². The van der Waals surface area contributed by atoms with Crippen LogP contribution in [-0.4, -0.2) is 30.6 Å². The van der Waals surface area contributed by atoms with Crippen LogP contribution in [0.5, 0.6) is 0 Å². The summed E-state index contributed by atoms with van der Waals surface area (Å²) < 4.78 is 51.8. The van der Waals surface area contributed by atoms with Crippen LogP contribution >= 0.6 is 0 Å². The van der Waals surface area contributed by atoms with E-state index < -0.39 is 17.6 Å². The Balaban J connectivity index is 2.08. The fourth-order valence-electron chi connectivity index (χ4n) is 2.65. The van der Waals surface area contributed by atoms with Gasteiger partial charge in [0.15, 0.2) is 0 Å². The van der Waals surface area contributed by atoms with Crippen molar-refractivity contribution in [2.24, 2.45) is 0 Å². The van der Waals surface area contributed by atoms with Crippen LogP contribution in [-0.2, 0) is 6.18 Å². The standard InChI is InChI=1S/C15H20F4N2/c1-2-21-8-3-4-12(7-9-21)20-14-10-11(15(17,18)19)5-6-13(14)16/h5-6,10,12,20H,2-4,7-9H2,1H3. The van der Waals surface area contributed by atoms with E-state index in [0.29, 0.717) is 0 Å². The lowest BCUT2D eigenvalue weighted by Gasteiger charge is -2.20. The molecule has 0 spiro atoms. The van der Waals surface area contributed by atoms with Gasteiger partial charge in [-0.05, 0) is 50.6 Å². The second kappa shape index (κ2) is 6.64. The molecule has 1 aromatic rings. The number of benzene rings is 1. The Labute approximate surface area is 122 Å². The van der Waals surface area contributed by atoms with E-state index in [1.807, 2.05) is 0 Å². The van der Waals surface area contributed by atoms with Gasteiger partial charge in [-0.15, -0.1) is 0 Å². The molecule has 1 fully saturated rings. The van der Waals surface area contributed by atoms with Gasteiger partial charge in [0.05, 0.1) is 11.3 Å². The molecule has 0 amide bonds. The first kappa shape index (κ1) is 16.1. The van der Waals surface area contributed by atoms with E-state index in [4.69, 9.17) is 0 Å². The molecular weight excluding hydrogens is 284 g/mol. The Morgan fingerprint density at radius 3 is 2.67 bits per heavy atom. The van der Waals surface area contributed by atoms with Crippen molar-refractivity contribution in [1.29, 1.82) is 0 Å². The lowest BCUT2D eigenvalue weighted by molar-refractivity contribution is -0.137. The summed E-state index contributed by atoms with van der Waals surface area (Å²) in [7, 11) is 0. The fourth-order valence-corrected chi connectivity index (χ4v) is 2.65. The van der Waals surface area contributed by atoms with E-state index in [1.165, 1.54) is 0 Å². The molecule has 1 aliphatic heterocycles. The van der Waals surface area contributed by atoms with E-state index in [1.54, 1.807) is 0 Å². The molecule has 2 nitrogen and oxygen atoms in total. The Morgan fingerprint density at radius 1 is 1.24 bits per heavy atom. The average molecular weight is 304 g/mol. The van der Waals surface area contributed by atoms with Gasteiger partial charge < -0.3 is 10.2 Å². The second-order valence-electron chi connectivity index (χ2n) is 5.40. The largest absolute Gasteiger partial charge is 0.416 e. The first-order valence-corrected chi connectivity index (χ1v) is 7.25. The summed E-state index contributed by atoms with van der Waals surface area (Å²) in [6, 6.07) is 2.52. The van der Waals surface area contributed by atoms with Crippen LogP contribution in [0.3, 0.4) is 0 Å². The van der Waals surface area contributed by atoms with E-state index in [9.17, 15) is 17.6 Å². The van der Waals surface area contributed by atoms with Crippen molar-refractivity contribution in [3.63, 3.8) is 0 Å². The van der Waals surface area contributed by atoms with Crippen molar-refractivity contribution in [3.05, 3.63) is 29.6 Å². The second-order valence-corrected chi connectivity index (χ2v) is 5.40. The number of rotatable bonds is 3. The van der Waals surface area contributed by atoms with Crippen LogP contribution in [0.25, 0.3) is 0 Å². The molecule has 1 atom stereocenters. The molecule has 1 saturated heterocycles. The normalized spacial score (nSPS) is 21.1. The molecule has 0 aliphatic carbocycles. The Hall–Kier alpha value is -1.30. The summed E-state index contributed by atoms with van der Waals surface area (Å²) in [5.41, 5.74) is -0.880. The van der Waals surface area contributed by atoms with Crippen LogP contribution in [0.2, 0.25) is 0 Å². The molecule has 2 rings (SSSR count). The Bertz CT molecular complexity index is 473. The van der Waals surface area contributed by atoms with Gasteiger partial charge in [0, 0.05) is 12.6 Å². The van der Waals surface area contributed by atoms with Gasteiger partial charge in [0.1, 0.15) is 5.82 Å². The van der Waals surface area contributed by atoms with Crippen LogP contribution in [0.15, 0.2) is 18.2 Å². The molecule has 1 heterocycles. The van der Waals surface area contributed by atoms with Gasteiger partial charge in [-0.3, -0.25) is 0 Å². The predicted octanol–water partition coefficient (Wildman–Crippen LogP) is 4.13. The van der Waals surface area contributed by atoms with E-state index in [2.05, 4.69) is 17.1 Å². The van der Waals surface area contributed by atoms with Gasteiger partial charge in [-0.1, -0.05) is 6.92 Å². The number of nitrogens with one attached hydrogen (secondary N) is 1. The molecule has 21 heavy (non-hydrogen) atoms. The lowest BCUT2D eigenvalue weighted by atomic mass is 10.1. The molecule has 1 unspecified atom stereocenters. The third-order valence-electron chi connectivity index (χ3n) is 3.92. The molecule has 6 heteroatoms. The molecule has 1 N–H and O–H groups in total. The maximum absolute atomic E-state index is 13.7. The number of anilines is 1. The minimum Gasteiger partial charge on any atom is -0.380 e. The highest BCUT2D eigenvalue weighted by molar-refractivity contribution is 5.48. The fraction of sp³-hybridized carbons (Fsp3) is 0.600. The molecule has 1 aromatic carbocycles. The minimum absolute atomic E-state index is 0.0135. The van der Waals surface area contributed by atoms with Crippen molar-refractivity contribution in [2.75, 3.05) is 25.0 Å². The first-order valence-electron chi connectivity index (χ1n) is 7.25. The summed E-state index contributed by atoms with van der Waals surface area (Å²) in [6.07, 6.45) is -1.84. The highest BCUT2D eigenvalue weighted by atomic mass is 19.4. The van der Waals surface area contributed by atoms with E-state index in [0.717, 1.165) is 57.1 Å². The Morgan fingerprint density at radius 2 is 2.00 bits per heavy atom. The number of likely N-dealkylation sites (tertiary alicyclic amines) is 1. The molecular formula is C15H20F4N2. The Kier molecular flexibility index (Phi) is 5.08. The SMILES string of the molecule is CCN1CCCC(Nc2cc(C(F)(F)F)ccc2F)CC1. The smallest absolute Gasteiger partial charge is 0.380 e. The van der Waals surface area contributed by atoms with Crippen LogP contribution in [0.1, 0.15) is 31.7 Å². The molecule has 118 valence electrons. The van der Waals surface area contributed by atoms with Gasteiger partial charge in [-0.2, -0.15) is 13.2 Å². The van der Waals surface area contributed by atoms with Crippen LogP contribution < -0.4 is 5.32 Å².